The van der Waals surface area contributed by atoms with E-state index in [1.165, 1.54) is 56.2 Å². The number of cyclic esters (lactones) is 1. The third-order valence-corrected chi connectivity index (χ3v) is 14.4. The molecule has 0 radical (unpaired) electrons. The normalized spacial score (nSPS) is 28.1. The van der Waals surface area contributed by atoms with Gasteiger partial charge in [-0.15, -0.1) is 0 Å². The Morgan fingerprint density at radius 2 is 1.56 bits per heavy atom. The molecule has 2 aliphatic rings. The van der Waals surface area contributed by atoms with E-state index >= 15 is 0 Å². The molecule has 2 bridgehead atoms. The first-order valence-corrected chi connectivity index (χ1v) is 28.4. The number of carbonyl (C=O) groups excluding carboxylic acids is 3. The van der Waals surface area contributed by atoms with Gasteiger partial charge in [-0.25, -0.2) is 13.9 Å². The first-order valence-electron chi connectivity index (χ1n) is 25.4. The minimum atomic E-state index is -5.68. The van der Waals surface area contributed by atoms with Gasteiger partial charge in [0.25, 0.3) is 0 Å². The third-order valence-electron chi connectivity index (χ3n) is 11.8. The van der Waals surface area contributed by atoms with Crippen molar-refractivity contribution in [3.05, 3.63) is 83.5 Å². The summed E-state index contributed by atoms with van der Waals surface area (Å²) in [6.07, 6.45) is 22.9. The number of allylic oxidation sites excluding steroid dienone is 7. The van der Waals surface area contributed by atoms with Crippen molar-refractivity contribution in [1.29, 1.82) is 0 Å². The smallest absolute Gasteiger partial charge is 0.462 e. The monoisotopic (exact) mass is 1060 g/mol. The average Bonchev–Trinajstić information content (AvgIpc) is 3.32. The van der Waals surface area contributed by atoms with Crippen LogP contribution in [0.4, 0.5) is 5.82 Å². The summed E-state index contributed by atoms with van der Waals surface area (Å²) >= 11 is 0. The van der Waals surface area contributed by atoms with Crippen LogP contribution in [-0.4, -0.2) is 103 Å². The maximum Gasteiger partial charge on any atom is 0.481 e. The highest BCUT2D eigenvalue weighted by Gasteiger charge is 2.42. The highest BCUT2D eigenvalue weighted by molar-refractivity contribution is 7.61. The molecular formula is C50H79N3O17P2. The zero-order chi connectivity index (χ0) is 52.8. The van der Waals surface area contributed by atoms with Gasteiger partial charge in [-0.05, 0) is 69.9 Å². The zero-order valence-corrected chi connectivity index (χ0v) is 43.6. The van der Waals surface area contributed by atoms with E-state index in [-0.39, 0.29) is 31.5 Å². The van der Waals surface area contributed by atoms with Gasteiger partial charge in [0.05, 0.1) is 31.3 Å². The molecule has 10 atom stereocenters. The molecule has 1 aromatic rings. The average molecular weight is 1060 g/mol. The number of nitrogens with zero attached hydrogens (tertiary/aromatic N) is 2. The molecule has 1 aromatic heterocycles. The van der Waals surface area contributed by atoms with Crippen LogP contribution < -0.4 is 11.4 Å². The SMILES string of the molecule is CCCCCC/C=C\C=C/CCCCCCCC(=O)OC[C@@H]1COP(=O)(O)OP(=O)(O)OC[C@H]2O[C@@H](n3ccc(N)nc3=O)[C@H](C=CC(=O)[C@H](C=C[C@@H](O)CCCCC)[C@H](O)[C@@H]2O)CC=CCCCC(=O)O1. The Bertz CT molecular complexity index is 2090. The number of aliphatic hydroxyl groups is 3. The molecule has 3 heterocycles. The lowest BCUT2D eigenvalue weighted by molar-refractivity contribution is -0.167. The lowest BCUT2D eigenvalue weighted by Crippen LogP contribution is -2.49. The van der Waals surface area contributed by atoms with Gasteiger partial charge in [-0.2, -0.15) is 9.29 Å². The number of unbranched alkanes of at least 4 members (excludes halogenated alkanes) is 11. The molecule has 7 N–H and O–H groups in total. The van der Waals surface area contributed by atoms with E-state index in [2.05, 4.69) is 40.5 Å². The van der Waals surface area contributed by atoms with Gasteiger partial charge in [-0.3, -0.25) is 28.0 Å². The topological polar surface area (TPSA) is 303 Å². The number of fused-ring (bicyclic) bond motifs is 3. The molecule has 72 heavy (non-hydrogen) atoms. The Balaban J connectivity index is 1.77. The van der Waals surface area contributed by atoms with Crippen molar-refractivity contribution < 1.29 is 76.2 Å². The molecule has 0 aliphatic carbocycles. The maximum atomic E-state index is 13.8. The van der Waals surface area contributed by atoms with E-state index in [4.69, 9.17) is 29.0 Å². The first-order chi connectivity index (χ1) is 34.4. The van der Waals surface area contributed by atoms with Crippen LogP contribution in [0.2, 0.25) is 0 Å². The van der Waals surface area contributed by atoms with E-state index in [1.807, 2.05) is 6.92 Å². The number of esters is 2. The summed E-state index contributed by atoms with van der Waals surface area (Å²) in [5, 5.41) is 33.8. The molecule has 22 heteroatoms. The second kappa shape index (κ2) is 34.6. The second-order valence-electron chi connectivity index (χ2n) is 18.0. The number of ketones is 1. The van der Waals surface area contributed by atoms with Gasteiger partial charge in [0.1, 0.15) is 30.9 Å². The summed E-state index contributed by atoms with van der Waals surface area (Å²) in [6.45, 7) is 1.52. The van der Waals surface area contributed by atoms with Crippen molar-refractivity contribution in [3.63, 3.8) is 0 Å². The number of phosphoric acid groups is 2. The van der Waals surface area contributed by atoms with Crippen molar-refractivity contribution in [2.75, 3.05) is 25.6 Å². The van der Waals surface area contributed by atoms with Crippen molar-refractivity contribution in [1.82, 2.24) is 9.55 Å². The van der Waals surface area contributed by atoms with Gasteiger partial charge in [-0.1, -0.05) is 126 Å². The lowest BCUT2D eigenvalue weighted by atomic mass is 9.88. The van der Waals surface area contributed by atoms with Crippen LogP contribution in [-0.2, 0) is 51.1 Å². The molecule has 3 rings (SSSR count). The van der Waals surface area contributed by atoms with Crippen LogP contribution in [0.1, 0.15) is 148 Å². The standard InChI is InChI=1S/C50H79N3O17P2/c1-3-5-7-8-9-10-11-12-13-14-15-16-17-18-23-27-45(56)65-35-40-36-66-71(61,62)70-72(63,64)67-37-43-48(59)47(58)41(31-30-39(54)26-21-6-4-2)42(55)32-29-38(25-22-19-20-24-28-46(57)68-40)49(69-43)53-34-33-44(51)52-50(53)60/h10-13,19,22,29-34,38-41,43,47-49,54,58-59H,3-9,14-18,20-21,23-28,35-37H2,1-2H3,(H,61,62)(H,63,64)(H2,51,52,60)/b11-10-,13-12-,22-19?,31-30?,32-29?/t38-,39-,40+,41-,43+,47-,48+,49+/m0/s1. The van der Waals surface area contributed by atoms with Gasteiger partial charge in [0, 0.05) is 25.0 Å². The number of phosphoric ester groups is 2. The largest absolute Gasteiger partial charge is 0.481 e. The zero-order valence-electron chi connectivity index (χ0n) is 41.8. The quantitative estimate of drug-likeness (QED) is 0.0199. The van der Waals surface area contributed by atoms with E-state index in [9.17, 15) is 53.4 Å². The summed E-state index contributed by atoms with van der Waals surface area (Å²) in [5.74, 6) is -4.68. The molecule has 0 aromatic carbocycles. The molecule has 2 unspecified atom stereocenters. The summed E-state index contributed by atoms with van der Waals surface area (Å²) in [7, 11) is -11.2. The summed E-state index contributed by atoms with van der Waals surface area (Å²) in [6, 6.07) is 1.28. The van der Waals surface area contributed by atoms with E-state index in [1.54, 1.807) is 12.2 Å². The molecule has 406 valence electrons. The minimum Gasteiger partial charge on any atom is -0.462 e. The Labute approximate surface area is 423 Å². The van der Waals surface area contributed by atoms with Gasteiger partial charge in [0.2, 0.25) is 0 Å². The number of anilines is 1. The van der Waals surface area contributed by atoms with Crippen molar-refractivity contribution in [2.45, 2.75) is 179 Å². The van der Waals surface area contributed by atoms with Gasteiger partial charge >= 0.3 is 33.3 Å². The molecule has 0 spiro atoms. The number of carbonyl (C=O) groups is 3. The van der Waals surface area contributed by atoms with Crippen molar-refractivity contribution in [3.8, 4) is 0 Å². The lowest BCUT2D eigenvalue weighted by Gasteiger charge is -2.36. The molecule has 20 nitrogen and oxygen atoms in total. The van der Waals surface area contributed by atoms with Gasteiger partial charge < -0.3 is 45.1 Å². The summed E-state index contributed by atoms with van der Waals surface area (Å²) in [4.78, 5) is 77.8. The molecule has 0 amide bonds. The number of nitrogen functional groups attached to an aromatic ring is 1. The van der Waals surface area contributed by atoms with Crippen LogP contribution >= 0.6 is 15.6 Å². The summed E-state index contributed by atoms with van der Waals surface area (Å²) in [5.41, 5.74) is 4.83. The second-order valence-corrected chi connectivity index (χ2v) is 21.0. The fourth-order valence-corrected chi connectivity index (χ4v) is 9.85. The van der Waals surface area contributed by atoms with Crippen LogP contribution in [0.3, 0.4) is 0 Å². The Morgan fingerprint density at radius 3 is 2.25 bits per heavy atom. The molecule has 2 aliphatic heterocycles. The first kappa shape index (κ1) is 62.4. The highest BCUT2D eigenvalue weighted by atomic mass is 31.3. The molecule has 0 saturated carbocycles. The fourth-order valence-electron chi connectivity index (χ4n) is 7.74. The number of rotatable bonds is 23. The van der Waals surface area contributed by atoms with Crippen LogP contribution in [0, 0.1) is 11.8 Å². The predicted octanol–water partition coefficient (Wildman–Crippen LogP) is 7.95. The minimum absolute atomic E-state index is 0.0493. The number of nitrogens with two attached hydrogens (primary N) is 1. The Morgan fingerprint density at radius 1 is 0.903 bits per heavy atom. The van der Waals surface area contributed by atoms with E-state index in [0.717, 1.165) is 62.0 Å². The Kier molecular flexibility index (Phi) is 29.9. The van der Waals surface area contributed by atoms with Crippen LogP contribution in [0.5, 0.6) is 0 Å². The number of hydrogen-bond acceptors (Lipinski definition) is 17. The number of aliphatic hydroxyl groups excluding tert-OH is 3. The third kappa shape index (κ3) is 25.4. The van der Waals surface area contributed by atoms with E-state index < -0.39 is 107 Å². The van der Waals surface area contributed by atoms with Crippen LogP contribution in [0.25, 0.3) is 0 Å². The maximum absolute atomic E-state index is 13.8. The van der Waals surface area contributed by atoms with Crippen molar-refractivity contribution in [2.24, 2.45) is 11.8 Å². The molecular weight excluding hydrogens is 977 g/mol. The number of aromatic nitrogens is 2. The van der Waals surface area contributed by atoms with Crippen molar-refractivity contribution >= 4 is 39.2 Å². The summed E-state index contributed by atoms with van der Waals surface area (Å²) < 4.78 is 58.9. The van der Waals surface area contributed by atoms with E-state index in [0.29, 0.717) is 25.7 Å². The molecule has 0 saturated heterocycles. The fraction of sp³-hybridized carbons (Fsp3) is 0.660. The van der Waals surface area contributed by atoms with Gasteiger partial charge in [0.15, 0.2) is 11.9 Å². The number of hydrogen-bond donors (Lipinski definition) is 6. The Hall–Kier alpha value is -3.91. The number of ether oxygens (including phenoxy) is 3. The predicted molar refractivity (Wildman–Crippen MR) is 270 cm³/mol. The molecule has 0 fully saturated rings. The highest BCUT2D eigenvalue weighted by Crippen LogP contribution is 2.60. The van der Waals surface area contributed by atoms with Crippen LogP contribution in [0.15, 0.2) is 77.8 Å².